The van der Waals surface area contributed by atoms with Crippen LogP contribution in [0.25, 0.3) is 0 Å². The Morgan fingerprint density at radius 1 is 1.43 bits per heavy atom. The molecule has 0 aliphatic carbocycles. The number of phenolic OH excluding ortho intramolecular Hbond substituents is 1. The molecule has 3 nitrogen and oxygen atoms in total. The first kappa shape index (κ1) is 10.8. The molecule has 0 spiro atoms. The van der Waals surface area contributed by atoms with Crippen molar-refractivity contribution < 1.29 is 19.3 Å². The molecule has 0 amide bonds. The Morgan fingerprint density at radius 3 is 2.57 bits per heavy atom. The molecule has 0 aromatic heterocycles. The monoisotopic (exact) mass is 200 g/mol. The van der Waals surface area contributed by atoms with Crippen LogP contribution in [-0.2, 0) is 6.61 Å². The summed E-state index contributed by atoms with van der Waals surface area (Å²) < 4.78 is 18.3. The van der Waals surface area contributed by atoms with Crippen LogP contribution in [0.4, 0.5) is 4.39 Å². The molecule has 78 valence electrons. The highest BCUT2D eigenvalue weighted by Gasteiger charge is 2.12. The van der Waals surface area contributed by atoms with Crippen molar-refractivity contribution in [2.75, 3.05) is 0 Å². The van der Waals surface area contributed by atoms with Crippen LogP contribution in [0.5, 0.6) is 11.5 Å². The van der Waals surface area contributed by atoms with Crippen molar-refractivity contribution in [3.63, 3.8) is 0 Å². The van der Waals surface area contributed by atoms with Crippen molar-refractivity contribution in [3.8, 4) is 11.5 Å². The highest BCUT2D eigenvalue weighted by Crippen LogP contribution is 2.28. The number of halogens is 1. The zero-order valence-electron chi connectivity index (χ0n) is 8.12. The van der Waals surface area contributed by atoms with Crippen LogP contribution in [0, 0.1) is 5.82 Å². The van der Waals surface area contributed by atoms with Crippen molar-refractivity contribution in [2.45, 2.75) is 26.6 Å². The summed E-state index contributed by atoms with van der Waals surface area (Å²) in [5, 5.41) is 18.0. The van der Waals surface area contributed by atoms with E-state index in [0.717, 1.165) is 0 Å². The van der Waals surface area contributed by atoms with E-state index in [0.29, 0.717) is 5.56 Å². The van der Waals surface area contributed by atoms with Gasteiger partial charge in [-0.3, -0.25) is 0 Å². The molecule has 0 atom stereocenters. The van der Waals surface area contributed by atoms with Crippen molar-refractivity contribution in [1.82, 2.24) is 0 Å². The lowest BCUT2D eigenvalue weighted by atomic mass is 10.2. The van der Waals surface area contributed by atoms with E-state index in [4.69, 9.17) is 14.9 Å². The molecule has 1 rings (SSSR count). The maximum Gasteiger partial charge on any atom is 0.206 e. The summed E-state index contributed by atoms with van der Waals surface area (Å²) in [5.41, 5.74) is 0.416. The Balaban J connectivity index is 3.07. The SMILES string of the molecule is CC(C)Oc1cc(CO)cc(O)c1F. The molecule has 1 aromatic rings. The van der Waals surface area contributed by atoms with Crippen LogP contribution in [0.2, 0.25) is 0 Å². The molecule has 0 aliphatic rings. The van der Waals surface area contributed by atoms with Gasteiger partial charge in [-0.2, -0.15) is 4.39 Å². The third-order valence-electron chi connectivity index (χ3n) is 1.63. The van der Waals surface area contributed by atoms with Crippen LogP contribution >= 0.6 is 0 Å². The maximum atomic E-state index is 13.2. The molecular weight excluding hydrogens is 187 g/mol. The number of ether oxygens (including phenoxy) is 1. The minimum atomic E-state index is -0.795. The number of aliphatic hydroxyl groups excluding tert-OH is 1. The highest BCUT2D eigenvalue weighted by molar-refractivity contribution is 5.39. The second kappa shape index (κ2) is 4.28. The molecule has 0 bridgehead atoms. The van der Waals surface area contributed by atoms with Crippen molar-refractivity contribution >= 4 is 0 Å². The molecule has 4 heteroatoms. The van der Waals surface area contributed by atoms with E-state index >= 15 is 0 Å². The minimum Gasteiger partial charge on any atom is -0.505 e. The molecular formula is C10H13FO3. The fourth-order valence-corrected chi connectivity index (χ4v) is 1.07. The summed E-state index contributed by atoms with van der Waals surface area (Å²) >= 11 is 0. The number of benzene rings is 1. The summed E-state index contributed by atoms with van der Waals surface area (Å²) in [6.45, 7) is 3.24. The fourth-order valence-electron chi connectivity index (χ4n) is 1.07. The summed E-state index contributed by atoms with van der Waals surface area (Å²) in [5.74, 6) is -1.34. The molecule has 0 unspecified atom stereocenters. The number of aliphatic hydroxyl groups is 1. The van der Waals surface area contributed by atoms with E-state index in [1.165, 1.54) is 12.1 Å². The normalized spacial score (nSPS) is 10.6. The quantitative estimate of drug-likeness (QED) is 0.782. The van der Waals surface area contributed by atoms with Gasteiger partial charge in [0.25, 0.3) is 0 Å². The van der Waals surface area contributed by atoms with Crippen LogP contribution in [0.1, 0.15) is 19.4 Å². The first-order chi connectivity index (χ1) is 6.54. The van der Waals surface area contributed by atoms with Gasteiger partial charge in [0.05, 0.1) is 12.7 Å². The number of hydrogen-bond donors (Lipinski definition) is 2. The lowest BCUT2D eigenvalue weighted by Gasteiger charge is -2.12. The van der Waals surface area contributed by atoms with Crippen LogP contribution in [-0.4, -0.2) is 16.3 Å². The lowest BCUT2D eigenvalue weighted by Crippen LogP contribution is -2.07. The molecule has 0 saturated heterocycles. The summed E-state index contributed by atoms with van der Waals surface area (Å²) in [6, 6.07) is 2.54. The Bertz CT molecular complexity index is 323. The average Bonchev–Trinajstić information content (AvgIpc) is 2.11. The van der Waals surface area contributed by atoms with Gasteiger partial charge in [0, 0.05) is 0 Å². The number of hydrogen-bond acceptors (Lipinski definition) is 3. The Kier molecular flexibility index (Phi) is 3.30. The van der Waals surface area contributed by atoms with Gasteiger partial charge >= 0.3 is 0 Å². The van der Waals surface area contributed by atoms with Crippen LogP contribution in [0.3, 0.4) is 0 Å². The third kappa shape index (κ3) is 2.35. The van der Waals surface area contributed by atoms with Crippen molar-refractivity contribution in [2.24, 2.45) is 0 Å². The molecule has 0 radical (unpaired) electrons. The molecule has 0 fully saturated rings. The second-order valence-corrected chi connectivity index (χ2v) is 3.25. The van der Waals surface area contributed by atoms with Gasteiger partial charge in [0.15, 0.2) is 11.5 Å². The van der Waals surface area contributed by atoms with Gasteiger partial charge in [-0.15, -0.1) is 0 Å². The van der Waals surface area contributed by atoms with Crippen molar-refractivity contribution in [3.05, 3.63) is 23.5 Å². The summed E-state index contributed by atoms with van der Waals surface area (Å²) in [6.07, 6.45) is -0.183. The first-order valence-electron chi connectivity index (χ1n) is 4.33. The molecule has 0 saturated carbocycles. The highest BCUT2D eigenvalue weighted by atomic mass is 19.1. The molecule has 2 N–H and O–H groups in total. The zero-order valence-corrected chi connectivity index (χ0v) is 8.12. The number of phenols is 1. The van der Waals surface area contributed by atoms with E-state index in [9.17, 15) is 4.39 Å². The Morgan fingerprint density at radius 2 is 2.07 bits per heavy atom. The van der Waals surface area contributed by atoms with Gasteiger partial charge in [-0.05, 0) is 31.5 Å². The van der Waals surface area contributed by atoms with Crippen molar-refractivity contribution in [1.29, 1.82) is 0 Å². The van der Waals surface area contributed by atoms with E-state index in [1.54, 1.807) is 13.8 Å². The van der Waals surface area contributed by atoms with Crippen LogP contribution < -0.4 is 4.74 Å². The van der Waals surface area contributed by atoms with E-state index in [1.807, 2.05) is 0 Å². The topological polar surface area (TPSA) is 49.7 Å². The van der Waals surface area contributed by atoms with Gasteiger partial charge in [-0.25, -0.2) is 0 Å². The smallest absolute Gasteiger partial charge is 0.206 e. The first-order valence-corrected chi connectivity index (χ1v) is 4.33. The van der Waals surface area contributed by atoms with Gasteiger partial charge in [-0.1, -0.05) is 0 Å². The Labute approximate surface area is 81.8 Å². The largest absolute Gasteiger partial charge is 0.505 e. The molecule has 0 aliphatic heterocycles. The standard InChI is InChI=1S/C10H13FO3/c1-6(2)14-9-4-7(5-12)3-8(13)10(9)11/h3-4,6,12-13H,5H2,1-2H3. The van der Waals surface area contributed by atoms with Gasteiger partial charge in [0.2, 0.25) is 5.82 Å². The van der Waals surface area contributed by atoms with Crippen LogP contribution in [0.15, 0.2) is 12.1 Å². The molecule has 14 heavy (non-hydrogen) atoms. The predicted octanol–water partition coefficient (Wildman–Crippen LogP) is 1.81. The molecule has 1 aromatic carbocycles. The second-order valence-electron chi connectivity index (χ2n) is 3.25. The molecule has 0 heterocycles. The maximum absolute atomic E-state index is 13.2. The lowest BCUT2D eigenvalue weighted by molar-refractivity contribution is 0.226. The Hall–Kier alpha value is -1.29. The van der Waals surface area contributed by atoms with E-state index < -0.39 is 11.6 Å². The van der Waals surface area contributed by atoms with Gasteiger partial charge < -0.3 is 14.9 Å². The fraction of sp³-hybridized carbons (Fsp3) is 0.400. The summed E-state index contributed by atoms with van der Waals surface area (Å²) in [7, 11) is 0. The predicted molar refractivity (Wildman–Crippen MR) is 49.8 cm³/mol. The number of aromatic hydroxyl groups is 1. The van der Waals surface area contributed by atoms with Gasteiger partial charge in [0.1, 0.15) is 0 Å². The minimum absolute atomic E-state index is 0.0379. The number of rotatable bonds is 3. The third-order valence-corrected chi connectivity index (χ3v) is 1.63. The summed E-state index contributed by atoms with van der Waals surface area (Å²) in [4.78, 5) is 0. The average molecular weight is 200 g/mol. The van der Waals surface area contributed by atoms with E-state index in [2.05, 4.69) is 0 Å². The van der Waals surface area contributed by atoms with E-state index in [-0.39, 0.29) is 18.5 Å². The zero-order chi connectivity index (χ0) is 10.7.